The van der Waals surface area contributed by atoms with Crippen LogP contribution in [0.4, 0.5) is 0 Å². The summed E-state index contributed by atoms with van der Waals surface area (Å²) in [5.74, 6) is 1.50. The summed E-state index contributed by atoms with van der Waals surface area (Å²) in [6, 6.07) is 9.13. The summed E-state index contributed by atoms with van der Waals surface area (Å²) in [7, 11) is 0. The second-order valence-corrected chi connectivity index (χ2v) is 5.63. The molecule has 1 fully saturated rings. The van der Waals surface area contributed by atoms with Crippen LogP contribution in [-0.2, 0) is 0 Å². The summed E-state index contributed by atoms with van der Waals surface area (Å²) in [6.07, 6.45) is 0. The number of benzene rings is 1. The van der Waals surface area contributed by atoms with Gasteiger partial charge in [-0.1, -0.05) is 18.2 Å². The predicted molar refractivity (Wildman–Crippen MR) is 74.1 cm³/mol. The molecule has 0 atom stereocenters. The maximum absolute atomic E-state index is 12.5. The van der Waals surface area contributed by atoms with Crippen LogP contribution in [0, 0.1) is 0 Å². The average molecular weight is 292 g/mol. The molecule has 2 aromatic rings. The van der Waals surface area contributed by atoms with Crippen molar-refractivity contribution in [1.29, 1.82) is 0 Å². The van der Waals surface area contributed by atoms with Crippen LogP contribution in [0.1, 0.15) is 10.5 Å². The highest BCUT2D eigenvalue weighted by Crippen LogP contribution is 2.11. The van der Waals surface area contributed by atoms with Crippen molar-refractivity contribution in [3.05, 3.63) is 46.4 Å². The Labute approximate surface area is 119 Å². The van der Waals surface area contributed by atoms with Crippen molar-refractivity contribution in [3.63, 3.8) is 0 Å². The Morgan fingerprint density at radius 1 is 1.25 bits per heavy atom. The number of hydrogen-bond donors (Lipinski definition) is 1. The Bertz CT molecular complexity index is 659. The fraction of sp³-hybridized carbons (Fsp3) is 0.308. The number of nitrogens with zero attached hydrogens (tertiary/aromatic N) is 2. The van der Waals surface area contributed by atoms with Gasteiger partial charge in [-0.2, -0.15) is 11.8 Å². The van der Waals surface area contributed by atoms with E-state index in [2.05, 4.69) is 5.27 Å². The fourth-order valence-corrected chi connectivity index (χ4v) is 3.03. The molecule has 1 aliphatic heterocycles. The molecule has 0 saturated carbocycles. The quantitative estimate of drug-likeness (QED) is 0.815. The van der Waals surface area contributed by atoms with Crippen LogP contribution in [0.5, 0.6) is 0 Å². The molecule has 104 valence electrons. The summed E-state index contributed by atoms with van der Waals surface area (Å²) < 4.78 is 6.19. The van der Waals surface area contributed by atoms with Gasteiger partial charge in [0.25, 0.3) is 0 Å². The van der Waals surface area contributed by atoms with E-state index in [-0.39, 0.29) is 11.6 Å². The van der Waals surface area contributed by atoms with Gasteiger partial charge >= 0.3 is 17.2 Å². The lowest BCUT2D eigenvalue weighted by Crippen LogP contribution is -2.48. The first kappa shape index (κ1) is 13.0. The highest BCUT2D eigenvalue weighted by molar-refractivity contribution is 7.99. The Morgan fingerprint density at radius 3 is 2.65 bits per heavy atom. The lowest BCUT2D eigenvalue weighted by Gasteiger charge is -2.24. The molecule has 1 N–H and O–H groups in total. The Hall–Kier alpha value is -2.02. The van der Waals surface area contributed by atoms with Crippen LogP contribution < -0.4 is 10.3 Å². The number of amides is 1. The smallest absolute Gasteiger partial charge is 0.331 e. The molecular formula is C13H14N3O3S+. The van der Waals surface area contributed by atoms with Gasteiger partial charge in [-0.3, -0.25) is 9.32 Å². The SMILES string of the molecule is O=C(c1c(=O)o[nH][n+]1-c1ccccc1)N1CCSCC1. The van der Waals surface area contributed by atoms with E-state index in [0.29, 0.717) is 18.8 Å². The lowest BCUT2D eigenvalue weighted by atomic mass is 10.3. The largest absolute Gasteiger partial charge is 0.441 e. The summed E-state index contributed by atoms with van der Waals surface area (Å²) in [5, 5.41) is 2.49. The molecule has 7 heteroatoms. The zero-order valence-corrected chi connectivity index (χ0v) is 11.6. The third-order valence-corrected chi connectivity index (χ3v) is 4.10. The molecule has 20 heavy (non-hydrogen) atoms. The van der Waals surface area contributed by atoms with Gasteiger partial charge in [0, 0.05) is 36.7 Å². The van der Waals surface area contributed by atoms with E-state index < -0.39 is 5.63 Å². The molecule has 6 nitrogen and oxygen atoms in total. The number of H-pyrrole nitrogens is 1. The van der Waals surface area contributed by atoms with Crippen LogP contribution in [0.15, 0.2) is 39.6 Å². The fourth-order valence-electron chi connectivity index (χ4n) is 2.13. The Balaban J connectivity index is 1.99. The molecule has 0 aliphatic carbocycles. The van der Waals surface area contributed by atoms with Crippen molar-refractivity contribution in [3.8, 4) is 5.69 Å². The van der Waals surface area contributed by atoms with E-state index in [9.17, 15) is 9.59 Å². The van der Waals surface area contributed by atoms with Gasteiger partial charge in [0.1, 0.15) is 0 Å². The molecule has 1 saturated heterocycles. The number of hydrogen-bond acceptors (Lipinski definition) is 4. The normalized spacial score (nSPS) is 15.3. The summed E-state index contributed by atoms with van der Waals surface area (Å²) in [4.78, 5) is 26.0. The molecule has 0 unspecified atom stereocenters. The zero-order valence-electron chi connectivity index (χ0n) is 10.7. The van der Waals surface area contributed by atoms with E-state index in [1.54, 1.807) is 17.0 Å². The van der Waals surface area contributed by atoms with E-state index in [4.69, 9.17) is 4.52 Å². The van der Waals surface area contributed by atoms with Crippen molar-refractivity contribution < 1.29 is 14.0 Å². The number of thioether (sulfide) groups is 1. The second-order valence-electron chi connectivity index (χ2n) is 4.40. The Morgan fingerprint density at radius 2 is 1.95 bits per heavy atom. The minimum atomic E-state index is -0.642. The van der Waals surface area contributed by atoms with Crippen LogP contribution in [0.25, 0.3) is 5.69 Å². The van der Waals surface area contributed by atoms with Gasteiger partial charge in [-0.25, -0.2) is 4.79 Å². The average Bonchev–Trinajstić information content (AvgIpc) is 2.90. The van der Waals surface area contributed by atoms with Crippen molar-refractivity contribution >= 4 is 17.7 Å². The molecular weight excluding hydrogens is 278 g/mol. The summed E-state index contributed by atoms with van der Waals surface area (Å²) in [5.41, 5.74) is 0.0632. The second kappa shape index (κ2) is 5.54. The topological polar surface area (TPSA) is 70.2 Å². The number of aromatic amines is 1. The van der Waals surface area contributed by atoms with Gasteiger partial charge in [-0.15, -0.1) is 0 Å². The first-order valence-electron chi connectivity index (χ1n) is 6.33. The molecule has 1 aliphatic rings. The standard InChI is InChI=1S/C13H13N3O3S/c17-12(15-6-8-20-9-7-15)11-13(18)19-14-16(11)10-4-2-1-3-5-10/h1-5H,6-9H2/p+1. The van der Waals surface area contributed by atoms with Crippen molar-refractivity contribution in [2.24, 2.45) is 0 Å². The van der Waals surface area contributed by atoms with Gasteiger partial charge in [0.15, 0.2) is 0 Å². The number of para-hydroxylation sites is 1. The molecule has 1 aromatic heterocycles. The Kier molecular flexibility index (Phi) is 3.60. The van der Waals surface area contributed by atoms with Crippen LogP contribution in [0.3, 0.4) is 0 Å². The molecule has 3 rings (SSSR count). The monoisotopic (exact) mass is 292 g/mol. The number of carbonyl (C=O) groups excluding carboxylic acids is 1. The first-order valence-corrected chi connectivity index (χ1v) is 7.49. The van der Waals surface area contributed by atoms with Crippen molar-refractivity contribution in [1.82, 2.24) is 10.2 Å². The van der Waals surface area contributed by atoms with Gasteiger partial charge in [0.05, 0.1) is 0 Å². The van der Waals surface area contributed by atoms with Crippen molar-refractivity contribution in [2.45, 2.75) is 0 Å². The molecule has 1 aromatic carbocycles. The summed E-state index contributed by atoms with van der Waals surface area (Å²) >= 11 is 1.81. The van der Waals surface area contributed by atoms with Crippen molar-refractivity contribution in [2.75, 3.05) is 24.6 Å². The molecule has 0 radical (unpaired) electrons. The van der Waals surface area contributed by atoms with Crippen LogP contribution >= 0.6 is 11.8 Å². The number of rotatable bonds is 2. The molecule has 0 spiro atoms. The third-order valence-electron chi connectivity index (χ3n) is 3.16. The number of nitrogens with one attached hydrogen (secondary N) is 1. The molecule has 2 heterocycles. The van der Waals surface area contributed by atoms with Crippen LogP contribution in [-0.4, -0.2) is 40.7 Å². The number of aromatic nitrogens is 2. The van der Waals surface area contributed by atoms with E-state index in [1.807, 2.05) is 30.0 Å². The van der Waals surface area contributed by atoms with E-state index >= 15 is 0 Å². The summed E-state index contributed by atoms with van der Waals surface area (Å²) in [6.45, 7) is 1.31. The minimum absolute atomic E-state index is 0.0168. The number of carbonyl (C=O) groups is 1. The maximum atomic E-state index is 12.5. The molecule has 1 amide bonds. The zero-order chi connectivity index (χ0) is 13.9. The predicted octanol–water partition coefficient (Wildman–Crippen LogP) is 0.434. The van der Waals surface area contributed by atoms with Gasteiger partial charge in [0.2, 0.25) is 5.69 Å². The van der Waals surface area contributed by atoms with E-state index in [1.165, 1.54) is 4.68 Å². The highest BCUT2D eigenvalue weighted by Gasteiger charge is 2.34. The van der Waals surface area contributed by atoms with Gasteiger partial charge in [-0.05, 0) is 9.95 Å². The highest BCUT2D eigenvalue weighted by atomic mass is 32.2. The maximum Gasteiger partial charge on any atom is 0.441 e. The lowest BCUT2D eigenvalue weighted by molar-refractivity contribution is -0.672. The third kappa shape index (κ3) is 2.36. The van der Waals surface area contributed by atoms with E-state index in [0.717, 1.165) is 11.5 Å². The minimum Gasteiger partial charge on any atom is -0.331 e. The van der Waals surface area contributed by atoms with Gasteiger partial charge < -0.3 is 4.90 Å². The van der Waals surface area contributed by atoms with Crippen LogP contribution in [0.2, 0.25) is 0 Å². The first-order chi connectivity index (χ1) is 9.77. The molecule has 0 bridgehead atoms.